The van der Waals surface area contributed by atoms with Crippen molar-refractivity contribution in [2.45, 2.75) is 33.1 Å². The first kappa shape index (κ1) is 12.8. The van der Waals surface area contributed by atoms with Crippen LogP contribution in [-0.4, -0.2) is 19.4 Å². The zero-order chi connectivity index (χ0) is 12.0. The van der Waals surface area contributed by atoms with Crippen molar-refractivity contribution in [2.75, 3.05) is 18.5 Å². The standard InChI is InChI=1S/C14H21NO/c1-4-5-13-6-8-14(9-7-13)15(3)11-10-12(2)16/h6-9H,4-5,10-11H2,1-3H3. The smallest absolute Gasteiger partial charge is 0.131 e. The minimum atomic E-state index is 0.245. The average Bonchev–Trinajstić information content (AvgIpc) is 2.27. The van der Waals surface area contributed by atoms with Gasteiger partial charge in [-0.1, -0.05) is 25.5 Å². The van der Waals surface area contributed by atoms with Crippen LogP contribution in [0.5, 0.6) is 0 Å². The lowest BCUT2D eigenvalue weighted by atomic mass is 10.1. The van der Waals surface area contributed by atoms with E-state index in [0.717, 1.165) is 13.0 Å². The maximum atomic E-state index is 10.9. The molecule has 0 aliphatic heterocycles. The topological polar surface area (TPSA) is 20.3 Å². The second-order valence-corrected chi connectivity index (χ2v) is 4.29. The highest BCUT2D eigenvalue weighted by atomic mass is 16.1. The van der Waals surface area contributed by atoms with Crippen molar-refractivity contribution in [1.29, 1.82) is 0 Å². The second kappa shape index (κ2) is 6.31. The van der Waals surface area contributed by atoms with Gasteiger partial charge >= 0.3 is 0 Å². The van der Waals surface area contributed by atoms with Crippen LogP contribution in [-0.2, 0) is 11.2 Å². The van der Waals surface area contributed by atoms with Gasteiger partial charge in [0, 0.05) is 25.7 Å². The van der Waals surface area contributed by atoms with Crippen LogP contribution in [0, 0.1) is 0 Å². The van der Waals surface area contributed by atoms with Crippen LogP contribution in [0.2, 0.25) is 0 Å². The molecule has 0 amide bonds. The van der Waals surface area contributed by atoms with Crippen molar-refractivity contribution in [3.05, 3.63) is 29.8 Å². The zero-order valence-electron chi connectivity index (χ0n) is 10.5. The molecule has 0 saturated carbocycles. The summed E-state index contributed by atoms with van der Waals surface area (Å²) in [7, 11) is 2.03. The molecule has 0 radical (unpaired) electrons. The van der Waals surface area contributed by atoms with Crippen molar-refractivity contribution in [3.8, 4) is 0 Å². The molecule has 1 aromatic carbocycles. The van der Waals surface area contributed by atoms with Gasteiger partial charge in [-0.05, 0) is 31.0 Å². The van der Waals surface area contributed by atoms with Crippen LogP contribution in [0.15, 0.2) is 24.3 Å². The fourth-order valence-corrected chi connectivity index (χ4v) is 1.66. The highest BCUT2D eigenvalue weighted by Crippen LogP contribution is 2.14. The van der Waals surface area contributed by atoms with Gasteiger partial charge in [-0.3, -0.25) is 4.79 Å². The van der Waals surface area contributed by atoms with Gasteiger partial charge in [-0.25, -0.2) is 0 Å². The van der Waals surface area contributed by atoms with E-state index in [-0.39, 0.29) is 5.78 Å². The normalized spacial score (nSPS) is 10.2. The number of hydrogen-bond donors (Lipinski definition) is 0. The summed E-state index contributed by atoms with van der Waals surface area (Å²) < 4.78 is 0. The number of carbonyl (C=O) groups is 1. The van der Waals surface area contributed by atoms with Gasteiger partial charge in [0.2, 0.25) is 0 Å². The molecule has 0 spiro atoms. The second-order valence-electron chi connectivity index (χ2n) is 4.29. The van der Waals surface area contributed by atoms with Crippen LogP contribution in [0.4, 0.5) is 5.69 Å². The van der Waals surface area contributed by atoms with Gasteiger partial charge in [0.15, 0.2) is 0 Å². The molecule has 0 aliphatic rings. The molecule has 1 rings (SSSR count). The van der Waals surface area contributed by atoms with Gasteiger partial charge in [-0.15, -0.1) is 0 Å². The minimum Gasteiger partial charge on any atom is -0.374 e. The number of carbonyl (C=O) groups excluding carboxylic acids is 1. The van der Waals surface area contributed by atoms with E-state index < -0.39 is 0 Å². The fraction of sp³-hybridized carbons (Fsp3) is 0.500. The molecule has 0 aromatic heterocycles. The summed E-state index contributed by atoms with van der Waals surface area (Å²) in [6.45, 7) is 4.62. The number of ketones is 1. The number of aryl methyl sites for hydroxylation is 1. The quantitative estimate of drug-likeness (QED) is 0.733. The lowest BCUT2D eigenvalue weighted by molar-refractivity contribution is -0.116. The van der Waals surface area contributed by atoms with Crippen LogP contribution in [0.1, 0.15) is 32.3 Å². The van der Waals surface area contributed by atoms with Crippen molar-refractivity contribution >= 4 is 11.5 Å². The highest BCUT2D eigenvalue weighted by Gasteiger charge is 2.02. The first-order chi connectivity index (χ1) is 7.63. The lowest BCUT2D eigenvalue weighted by Crippen LogP contribution is -2.20. The van der Waals surface area contributed by atoms with Crippen molar-refractivity contribution in [1.82, 2.24) is 0 Å². The van der Waals surface area contributed by atoms with Crippen LogP contribution >= 0.6 is 0 Å². The lowest BCUT2D eigenvalue weighted by Gasteiger charge is -2.18. The number of benzene rings is 1. The molecule has 0 saturated heterocycles. The van der Waals surface area contributed by atoms with E-state index >= 15 is 0 Å². The fourth-order valence-electron chi connectivity index (χ4n) is 1.66. The molecule has 0 atom stereocenters. The number of hydrogen-bond acceptors (Lipinski definition) is 2. The largest absolute Gasteiger partial charge is 0.374 e. The molecule has 0 N–H and O–H groups in total. The van der Waals surface area contributed by atoms with E-state index in [1.807, 2.05) is 7.05 Å². The van der Waals surface area contributed by atoms with Gasteiger partial charge in [0.05, 0.1) is 0 Å². The van der Waals surface area contributed by atoms with E-state index in [2.05, 4.69) is 36.1 Å². The van der Waals surface area contributed by atoms with Gasteiger partial charge in [0.1, 0.15) is 5.78 Å². The SMILES string of the molecule is CCCc1ccc(N(C)CCC(C)=O)cc1. The Morgan fingerprint density at radius 1 is 1.25 bits per heavy atom. The third-order valence-corrected chi connectivity index (χ3v) is 2.72. The summed E-state index contributed by atoms with van der Waals surface area (Å²) in [6.07, 6.45) is 2.93. The minimum absolute atomic E-state index is 0.245. The summed E-state index contributed by atoms with van der Waals surface area (Å²) in [5, 5.41) is 0. The molecule has 16 heavy (non-hydrogen) atoms. The average molecular weight is 219 g/mol. The van der Waals surface area contributed by atoms with E-state index in [1.165, 1.54) is 17.7 Å². The van der Waals surface area contributed by atoms with Crippen molar-refractivity contribution in [2.24, 2.45) is 0 Å². The predicted molar refractivity (Wildman–Crippen MR) is 69.0 cm³/mol. The van der Waals surface area contributed by atoms with Gasteiger partial charge < -0.3 is 4.90 Å². The predicted octanol–water partition coefficient (Wildman–Crippen LogP) is 3.05. The Hall–Kier alpha value is -1.31. The third kappa shape index (κ3) is 4.05. The van der Waals surface area contributed by atoms with Crippen molar-refractivity contribution < 1.29 is 4.79 Å². The van der Waals surface area contributed by atoms with E-state index in [9.17, 15) is 4.79 Å². The molecule has 0 bridgehead atoms. The molecular weight excluding hydrogens is 198 g/mol. The zero-order valence-corrected chi connectivity index (χ0v) is 10.5. The molecule has 2 nitrogen and oxygen atoms in total. The Morgan fingerprint density at radius 2 is 1.88 bits per heavy atom. The Kier molecular flexibility index (Phi) is 5.03. The molecule has 0 aliphatic carbocycles. The first-order valence-corrected chi connectivity index (χ1v) is 5.93. The van der Waals surface area contributed by atoms with E-state index in [0.29, 0.717) is 6.42 Å². The first-order valence-electron chi connectivity index (χ1n) is 5.93. The number of rotatable bonds is 6. The molecule has 88 valence electrons. The van der Waals surface area contributed by atoms with Crippen LogP contribution in [0.25, 0.3) is 0 Å². The molecule has 2 heteroatoms. The molecule has 0 heterocycles. The Morgan fingerprint density at radius 3 is 2.38 bits per heavy atom. The van der Waals surface area contributed by atoms with Gasteiger partial charge in [0.25, 0.3) is 0 Å². The summed E-state index contributed by atoms with van der Waals surface area (Å²) in [5.74, 6) is 0.245. The Bertz CT molecular complexity index is 329. The number of nitrogens with zero attached hydrogens (tertiary/aromatic N) is 1. The highest BCUT2D eigenvalue weighted by molar-refractivity contribution is 5.76. The van der Waals surface area contributed by atoms with E-state index in [4.69, 9.17) is 0 Å². The molecule has 0 unspecified atom stereocenters. The number of anilines is 1. The number of Topliss-reactive ketones (excluding diaryl/α,β-unsaturated/α-hetero) is 1. The maximum Gasteiger partial charge on any atom is 0.131 e. The maximum absolute atomic E-state index is 10.9. The summed E-state index contributed by atoms with van der Waals surface area (Å²) in [5.41, 5.74) is 2.56. The monoisotopic (exact) mass is 219 g/mol. The third-order valence-electron chi connectivity index (χ3n) is 2.72. The summed E-state index contributed by atoms with van der Waals surface area (Å²) in [4.78, 5) is 13.0. The van der Waals surface area contributed by atoms with Crippen LogP contribution in [0.3, 0.4) is 0 Å². The summed E-state index contributed by atoms with van der Waals surface area (Å²) >= 11 is 0. The summed E-state index contributed by atoms with van der Waals surface area (Å²) in [6, 6.07) is 8.60. The Balaban J connectivity index is 2.55. The Labute approximate surface area is 98.3 Å². The molecular formula is C14H21NO. The van der Waals surface area contributed by atoms with Crippen molar-refractivity contribution in [3.63, 3.8) is 0 Å². The molecule has 1 aromatic rings. The van der Waals surface area contributed by atoms with Crippen LogP contribution < -0.4 is 4.90 Å². The van der Waals surface area contributed by atoms with Gasteiger partial charge in [-0.2, -0.15) is 0 Å². The van der Waals surface area contributed by atoms with E-state index in [1.54, 1.807) is 6.92 Å². The molecule has 0 fully saturated rings.